The van der Waals surface area contributed by atoms with Gasteiger partial charge in [-0.25, -0.2) is 0 Å². The van der Waals surface area contributed by atoms with Crippen molar-refractivity contribution in [2.24, 2.45) is 0 Å². The molecule has 1 aliphatic heterocycles. The Hall–Kier alpha value is -1.48. The van der Waals surface area contributed by atoms with E-state index in [0.29, 0.717) is 12.6 Å². The van der Waals surface area contributed by atoms with Crippen LogP contribution in [0.2, 0.25) is 0 Å². The molecule has 2 aromatic carbocycles. The van der Waals surface area contributed by atoms with E-state index in [4.69, 9.17) is 4.74 Å². The molecule has 18 heavy (non-hydrogen) atoms. The highest BCUT2D eigenvalue weighted by molar-refractivity contribution is 9.10. The highest BCUT2D eigenvalue weighted by Crippen LogP contribution is 2.27. The second-order valence-electron chi connectivity index (χ2n) is 4.44. The number of fused-ring (bicyclic) bond motifs is 1. The minimum atomic E-state index is 0.356. The number of rotatable bonds is 3. The van der Waals surface area contributed by atoms with Gasteiger partial charge in [0.25, 0.3) is 0 Å². The van der Waals surface area contributed by atoms with Gasteiger partial charge in [-0.3, -0.25) is 0 Å². The standard InChI is InChI=1S/C15H14BrNO/c16-13-6-2-4-8-15(13)18-10-12-9-11-5-1-3-7-14(11)17-12/h1-8,12,17H,9-10H2. The van der Waals surface area contributed by atoms with Crippen LogP contribution < -0.4 is 10.1 Å². The molecule has 0 aromatic heterocycles. The molecule has 1 aliphatic rings. The summed E-state index contributed by atoms with van der Waals surface area (Å²) in [7, 11) is 0. The highest BCUT2D eigenvalue weighted by atomic mass is 79.9. The van der Waals surface area contributed by atoms with E-state index in [-0.39, 0.29) is 0 Å². The lowest BCUT2D eigenvalue weighted by atomic mass is 10.1. The molecule has 0 radical (unpaired) electrons. The summed E-state index contributed by atoms with van der Waals surface area (Å²) in [5.41, 5.74) is 2.61. The molecule has 3 rings (SSSR count). The van der Waals surface area contributed by atoms with Crippen molar-refractivity contribution in [2.45, 2.75) is 12.5 Å². The van der Waals surface area contributed by atoms with Crippen LogP contribution in [0.4, 0.5) is 5.69 Å². The van der Waals surface area contributed by atoms with Crippen LogP contribution in [0.3, 0.4) is 0 Å². The maximum absolute atomic E-state index is 5.84. The molecule has 92 valence electrons. The molecular weight excluding hydrogens is 290 g/mol. The fourth-order valence-corrected chi connectivity index (χ4v) is 2.63. The monoisotopic (exact) mass is 303 g/mol. The van der Waals surface area contributed by atoms with Gasteiger partial charge in [-0.2, -0.15) is 0 Å². The molecule has 0 spiro atoms. The Bertz CT molecular complexity index is 531. The predicted molar refractivity (Wildman–Crippen MR) is 77.2 cm³/mol. The number of anilines is 1. The summed E-state index contributed by atoms with van der Waals surface area (Å²) in [6.07, 6.45) is 1.03. The van der Waals surface area contributed by atoms with Gasteiger partial charge in [-0.15, -0.1) is 0 Å². The smallest absolute Gasteiger partial charge is 0.133 e. The summed E-state index contributed by atoms with van der Waals surface area (Å²) >= 11 is 3.49. The van der Waals surface area contributed by atoms with E-state index in [1.807, 2.05) is 24.3 Å². The molecular formula is C15H14BrNO. The summed E-state index contributed by atoms with van der Waals surface area (Å²) in [5, 5.41) is 3.48. The van der Waals surface area contributed by atoms with Gasteiger partial charge in [-0.1, -0.05) is 30.3 Å². The first kappa shape index (κ1) is 11.6. The zero-order chi connectivity index (χ0) is 12.4. The summed E-state index contributed by atoms with van der Waals surface area (Å²) < 4.78 is 6.84. The number of halogens is 1. The Morgan fingerprint density at radius 2 is 1.89 bits per heavy atom. The van der Waals surface area contributed by atoms with Gasteiger partial charge in [0.05, 0.1) is 10.5 Å². The third-order valence-corrected chi connectivity index (χ3v) is 3.78. The van der Waals surface area contributed by atoms with Crippen LogP contribution in [0.5, 0.6) is 5.75 Å². The summed E-state index contributed by atoms with van der Waals surface area (Å²) in [4.78, 5) is 0. The molecule has 0 fully saturated rings. The van der Waals surface area contributed by atoms with Crippen molar-refractivity contribution in [1.29, 1.82) is 0 Å². The SMILES string of the molecule is Brc1ccccc1OCC1Cc2ccccc2N1. The molecule has 1 N–H and O–H groups in total. The van der Waals surface area contributed by atoms with Crippen LogP contribution in [-0.4, -0.2) is 12.6 Å². The van der Waals surface area contributed by atoms with E-state index < -0.39 is 0 Å². The van der Waals surface area contributed by atoms with E-state index in [1.165, 1.54) is 11.3 Å². The first-order valence-electron chi connectivity index (χ1n) is 6.05. The van der Waals surface area contributed by atoms with Gasteiger partial charge in [-0.05, 0) is 46.1 Å². The second kappa shape index (κ2) is 5.02. The molecule has 0 amide bonds. The van der Waals surface area contributed by atoms with E-state index in [2.05, 4.69) is 45.5 Å². The van der Waals surface area contributed by atoms with Crippen LogP contribution in [-0.2, 0) is 6.42 Å². The maximum atomic E-state index is 5.84. The predicted octanol–water partition coefficient (Wildman–Crippen LogP) is 3.86. The first-order chi connectivity index (χ1) is 8.83. The molecule has 2 nitrogen and oxygen atoms in total. The van der Waals surface area contributed by atoms with Crippen molar-refractivity contribution in [3.05, 3.63) is 58.6 Å². The fraction of sp³-hybridized carbons (Fsp3) is 0.200. The third kappa shape index (κ3) is 2.36. The van der Waals surface area contributed by atoms with Crippen LogP contribution in [0.1, 0.15) is 5.56 Å². The number of para-hydroxylation sites is 2. The number of benzene rings is 2. The zero-order valence-electron chi connectivity index (χ0n) is 9.90. The lowest BCUT2D eigenvalue weighted by Gasteiger charge is -2.13. The van der Waals surface area contributed by atoms with Gasteiger partial charge >= 0.3 is 0 Å². The molecule has 0 aliphatic carbocycles. The van der Waals surface area contributed by atoms with E-state index in [0.717, 1.165) is 16.6 Å². The minimum absolute atomic E-state index is 0.356. The van der Waals surface area contributed by atoms with Gasteiger partial charge in [0.1, 0.15) is 12.4 Å². The van der Waals surface area contributed by atoms with Crippen molar-refractivity contribution in [2.75, 3.05) is 11.9 Å². The lowest BCUT2D eigenvalue weighted by molar-refractivity contribution is 0.297. The Morgan fingerprint density at radius 1 is 1.11 bits per heavy atom. The average molecular weight is 304 g/mol. The van der Waals surface area contributed by atoms with Gasteiger partial charge in [0, 0.05) is 5.69 Å². The number of hydrogen-bond acceptors (Lipinski definition) is 2. The Balaban J connectivity index is 1.62. The molecule has 1 atom stereocenters. The molecule has 0 saturated heterocycles. The average Bonchev–Trinajstić information content (AvgIpc) is 2.80. The summed E-state index contributed by atoms with van der Waals surface area (Å²) in [6.45, 7) is 0.678. The lowest BCUT2D eigenvalue weighted by Crippen LogP contribution is -2.24. The largest absolute Gasteiger partial charge is 0.490 e. The number of nitrogens with one attached hydrogen (secondary N) is 1. The Morgan fingerprint density at radius 3 is 2.72 bits per heavy atom. The summed E-state index contributed by atoms with van der Waals surface area (Å²) in [6, 6.07) is 16.7. The van der Waals surface area contributed by atoms with Crippen LogP contribution in [0.15, 0.2) is 53.0 Å². The second-order valence-corrected chi connectivity index (χ2v) is 5.30. The molecule has 1 heterocycles. The topological polar surface area (TPSA) is 21.3 Å². The highest BCUT2D eigenvalue weighted by Gasteiger charge is 2.20. The number of ether oxygens (including phenoxy) is 1. The van der Waals surface area contributed by atoms with Crippen molar-refractivity contribution < 1.29 is 4.74 Å². The quantitative estimate of drug-likeness (QED) is 0.929. The van der Waals surface area contributed by atoms with Gasteiger partial charge in [0.2, 0.25) is 0 Å². The van der Waals surface area contributed by atoms with Gasteiger partial charge < -0.3 is 10.1 Å². The van der Waals surface area contributed by atoms with Crippen LogP contribution in [0, 0.1) is 0 Å². The molecule has 0 bridgehead atoms. The minimum Gasteiger partial charge on any atom is -0.490 e. The van der Waals surface area contributed by atoms with Crippen LogP contribution >= 0.6 is 15.9 Å². The third-order valence-electron chi connectivity index (χ3n) is 3.12. The van der Waals surface area contributed by atoms with Crippen LogP contribution in [0.25, 0.3) is 0 Å². The molecule has 0 saturated carbocycles. The maximum Gasteiger partial charge on any atom is 0.133 e. The molecule has 1 unspecified atom stereocenters. The van der Waals surface area contributed by atoms with Crippen molar-refractivity contribution in [1.82, 2.24) is 0 Å². The number of hydrogen-bond donors (Lipinski definition) is 1. The van der Waals surface area contributed by atoms with Crippen molar-refractivity contribution >= 4 is 21.6 Å². The van der Waals surface area contributed by atoms with E-state index in [9.17, 15) is 0 Å². The zero-order valence-corrected chi connectivity index (χ0v) is 11.5. The first-order valence-corrected chi connectivity index (χ1v) is 6.84. The van der Waals surface area contributed by atoms with Gasteiger partial charge in [0.15, 0.2) is 0 Å². The van der Waals surface area contributed by atoms with E-state index in [1.54, 1.807) is 0 Å². The normalized spacial score (nSPS) is 17.1. The molecule has 3 heteroatoms. The van der Waals surface area contributed by atoms with E-state index >= 15 is 0 Å². The Kier molecular flexibility index (Phi) is 3.24. The fourth-order valence-electron chi connectivity index (χ4n) is 2.23. The summed E-state index contributed by atoms with van der Waals surface area (Å²) in [5.74, 6) is 0.898. The Labute approximate surface area is 115 Å². The van der Waals surface area contributed by atoms with Crippen molar-refractivity contribution in [3.63, 3.8) is 0 Å². The van der Waals surface area contributed by atoms with Crippen molar-refractivity contribution in [3.8, 4) is 5.75 Å². The molecule has 2 aromatic rings.